The van der Waals surface area contributed by atoms with Crippen molar-refractivity contribution in [2.24, 2.45) is 0 Å². The average molecular weight is 410 g/mol. The third kappa shape index (κ3) is 4.06. The molecule has 1 amide bonds. The Morgan fingerprint density at radius 1 is 1.00 bits per heavy atom. The Hall–Kier alpha value is -1.00. The minimum absolute atomic E-state index is 0. The maximum absolute atomic E-state index is 11.3. The van der Waals surface area contributed by atoms with Crippen LogP contribution in [-0.4, -0.2) is 24.7 Å². The zero-order valence-corrected chi connectivity index (χ0v) is 17.8. The molecule has 127 valence electrons. The maximum atomic E-state index is 11.3. The van der Waals surface area contributed by atoms with Crippen LogP contribution in [-0.2, 0) is 46.8 Å². The van der Waals surface area contributed by atoms with Crippen LogP contribution < -0.4 is 10.4 Å². The summed E-state index contributed by atoms with van der Waals surface area (Å²) in [7, 11) is -0.416. The van der Waals surface area contributed by atoms with Crippen molar-refractivity contribution in [2.75, 3.05) is 4.90 Å². The molecular formula is C19H20BNO3Y-2. The number of nitrogens with zero attached hydrogens (tertiary/aromatic N) is 1. The van der Waals surface area contributed by atoms with Crippen molar-refractivity contribution < 1.29 is 46.8 Å². The van der Waals surface area contributed by atoms with Crippen molar-refractivity contribution in [3.8, 4) is 0 Å². The van der Waals surface area contributed by atoms with Gasteiger partial charge in [0.25, 0.3) is 0 Å². The quantitative estimate of drug-likeness (QED) is 0.442. The van der Waals surface area contributed by atoms with Gasteiger partial charge in [0.1, 0.15) is 6.41 Å². The van der Waals surface area contributed by atoms with Gasteiger partial charge in [0, 0.05) is 32.7 Å². The van der Waals surface area contributed by atoms with Gasteiger partial charge in [-0.05, 0) is 33.2 Å². The van der Waals surface area contributed by atoms with Crippen LogP contribution in [0, 0.1) is 6.07 Å². The van der Waals surface area contributed by atoms with E-state index in [4.69, 9.17) is 9.31 Å². The van der Waals surface area contributed by atoms with Crippen LogP contribution in [0.3, 0.4) is 0 Å². The molecule has 0 bridgehead atoms. The largest absolute Gasteiger partial charge is 0.494 e. The first-order valence-corrected chi connectivity index (χ1v) is 7.94. The van der Waals surface area contributed by atoms with Crippen LogP contribution >= 0.6 is 0 Å². The molecule has 1 heterocycles. The molecule has 6 heteroatoms. The predicted molar refractivity (Wildman–Crippen MR) is 95.3 cm³/mol. The molecule has 0 atom stereocenters. The molecule has 0 N–H and O–H groups in total. The maximum Gasteiger partial charge on any atom is 0.494 e. The summed E-state index contributed by atoms with van der Waals surface area (Å²) in [5.41, 5.74) is 1.53. The zero-order valence-electron chi connectivity index (χ0n) is 14.9. The van der Waals surface area contributed by atoms with E-state index in [2.05, 4.69) is 6.07 Å². The van der Waals surface area contributed by atoms with Gasteiger partial charge in [-0.25, -0.2) is 12.1 Å². The van der Waals surface area contributed by atoms with Crippen LogP contribution in [0.2, 0.25) is 0 Å². The molecule has 1 saturated heterocycles. The third-order valence-corrected chi connectivity index (χ3v) is 4.70. The van der Waals surface area contributed by atoms with E-state index in [-0.39, 0.29) is 43.9 Å². The number of carbonyl (C=O) groups excluding carboxylic acids is 1. The number of hydrogen-bond acceptors (Lipinski definition) is 3. The van der Waals surface area contributed by atoms with E-state index in [0.717, 1.165) is 5.46 Å². The number of amides is 1. The van der Waals surface area contributed by atoms with E-state index >= 15 is 0 Å². The van der Waals surface area contributed by atoms with E-state index in [9.17, 15) is 4.79 Å². The standard InChI is InChI=1S/C19H20BNO3.Y/c1-18(2)19(3,4)24-20(23-18)15-10-12-17(13-11-15)21(14-22)16-8-6-5-7-9-16;/h5-8,10-13H,1-4H3;/q-2;. The third-order valence-electron chi connectivity index (χ3n) is 4.70. The number of para-hydroxylation sites is 1. The number of benzene rings is 2. The second kappa shape index (κ2) is 7.71. The molecule has 0 saturated carbocycles. The summed E-state index contributed by atoms with van der Waals surface area (Å²) in [6.07, 6.45) is 1.94. The van der Waals surface area contributed by atoms with Gasteiger partial charge in [-0.1, -0.05) is 30.0 Å². The van der Waals surface area contributed by atoms with Crippen molar-refractivity contribution in [3.63, 3.8) is 0 Å². The van der Waals surface area contributed by atoms with Gasteiger partial charge in [0.2, 0.25) is 0 Å². The fourth-order valence-corrected chi connectivity index (χ4v) is 2.52. The predicted octanol–water partition coefficient (Wildman–Crippen LogP) is 2.99. The number of anilines is 2. The molecule has 0 aromatic heterocycles. The van der Waals surface area contributed by atoms with Gasteiger partial charge >= 0.3 is 7.12 Å². The van der Waals surface area contributed by atoms with E-state index in [1.807, 2.05) is 76.6 Å². The Balaban J connectivity index is 0.00000225. The Labute approximate surface area is 174 Å². The van der Waals surface area contributed by atoms with E-state index in [1.54, 1.807) is 6.07 Å². The summed E-state index contributed by atoms with van der Waals surface area (Å²) < 4.78 is 12.1. The smallest absolute Gasteiger partial charge is 0.465 e. The van der Waals surface area contributed by atoms with Gasteiger partial charge in [-0.3, -0.25) is 0 Å². The molecule has 0 spiro atoms. The second-order valence-corrected chi connectivity index (χ2v) is 6.85. The van der Waals surface area contributed by atoms with Crippen LogP contribution in [0.1, 0.15) is 27.7 Å². The first-order chi connectivity index (χ1) is 11.3. The van der Waals surface area contributed by atoms with E-state index in [0.29, 0.717) is 11.4 Å². The van der Waals surface area contributed by atoms with Crippen molar-refractivity contribution >= 4 is 30.4 Å². The van der Waals surface area contributed by atoms with Gasteiger partial charge in [-0.15, -0.1) is 0 Å². The van der Waals surface area contributed by atoms with Crippen molar-refractivity contribution in [2.45, 2.75) is 38.9 Å². The first-order valence-electron chi connectivity index (χ1n) is 7.94. The summed E-state index contributed by atoms with van der Waals surface area (Å²) in [4.78, 5) is 12.8. The SMILES string of the molecule is CC1(C)OB(c2ccc(N([C-]=O)c3[c-]cccc3)cc2)OC1(C)C.[Y]. The minimum Gasteiger partial charge on any atom is -0.465 e. The Bertz CT molecular complexity index is 703. The molecule has 1 aliphatic rings. The van der Waals surface area contributed by atoms with E-state index in [1.165, 1.54) is 4.90 Å². The average Bonchev–Trinajstić information content (AvgIpc) is 2.78. The summed E-state index contributed by atoms with van der Waals surface area (Å²) in [5, 5.41) is 0. The minimum atomic E-state index is -0.416. The molecule has 2 aromatic rings. The monoisotopic (exact) mass is 410 g/mol. The topological polar surface area (TPSA) is 38.8 Å². The first kappa shape index (κ1) is 20.3. The Morgan fingerprint density at radius 2 is 1.60 bits per heavy atom. The van der Waals surface area contributed by atoms with Gasteiger partial charge in [0.15, 0.2) is 0 Å². The van der Waals surface area contributed by atoms with Crippen molar-refractivity contribution in [1.82, 2.24) is 0 Å². The number of rotatable bonds is 4. The fourth-order valence-electron chi connectivity index (χ4n) is 2.52. The normalized spacial score (nSPS) is 17.7. The van der Waals surface area contributed by atoms with Crippen LogP contribution in [0.5, 0.6) is 0 Å². The van der Waals surface area contributed by atoms with E-state index < -0.39 is 7.12 Å². The molecule has 3 rings (SSSR count). The Morgan fingerprint density at radius 3 is 2.08 bits per heavy atom. The second-order valence-electron chi connectivity index (χ2n) is 6.85. The molecule has 1 radical (unpaired) electrons. The molecule has 0 unspecified atom stereocenters. The van der Waals surface area contributed by atoms with Crippen molar-refractivity contribution in [3.05, 3.63) is 54.6 Å². The molecule has 1 aliphatic heterocycles. The summed E-state index contributed by atoms with van der Waals surface area (Å²) in [5.74, 6) is 0. The van der Waals surface area contributed by atoms with Gasteiger partial charge in [-0.2, -0.15) is 23.9 Å². The summed E-state index contributed by atoms with van der Waals surface area (Å²) in [6.45, 7) is 8.09. The zero-order chi connectivity index (χ0) is 17.4. The summed E-state index contributed by atoms with van der Waals surface area (Å²) >= 11 is 0. The van der Waals surface area contributed by atoms with Crippen LogP contribution in [0.4, 0.5) is 11.4 Å². The van der Waals surface area contributed by atoms with Gasteiger partial charge in [0.05, 0.1) is 11.2 Å². The molecule has 1 fully saturated rings. The molecule has 2 aromatic carbocycles. The van der Waals surface area contributed by atoms with Gasteiger partial charge < -0.3 is 19.0 Å². The number of hydrogen-bond donors (Lipinski definition) is 0. The van der Waals surface area contributed by atoms with Crippen LogP contribution in [0.15, 0.2) is 48.5 Å². The van der Waals surface area contributed by atoms with Crippen molar-refractivity contribution in [1.29, 1.82) is 0 Å². The molecule has 4 nitrogen and oxygen atoms in total. The summed E-state index contributed by atoms with van der Waals surface area (Å²) in [6, 6.07) is 17.8. The van der Waals surface area contributed by atoms with Crippen LogP contribution in [0.25, 0.3) is 0 Å². The Kier molecular flexibility index (Phi) is 6.26. The molecule has 25 heavy (non-hydrogen) atoms. The fraction of sp³-hybridized carbons (Fsp3) is 0.316. The molecular weight excluding hydrogens is 390 g/mol. The molecule has 0 aliphatic carbocycles.